The molecular formula is C24H22ClF2N5O3. The number of aromatic nitrogens is 3. The van der Waals surface area contributed by atoms with Crippen LogP contribution < -0.4 is 15.8 Å². The first-order valence-corrected chi connectivity index (χ1v) is 11.2. The number of halogens is 3. The molecule has 0 radical (unpaired) electrons. The second kappa shape index (κ2) is 9.15. The van der Waals surface area contributed by atoms with Crippen LogP contribution in [0.25, 0.3) is 10.9 Å². The lowest BCUT2D eigenvalue weighted by atomic mass is 10.0. The second-order valence-corrected chi connectivity index (χ2v) is 8.81. The van der Waals surface area contributed by atoms with Crippen molar-refractivity contribution in [3.05, 3.63) is 56.6 Å². The van der Waals surface area contributed by atoms with Gasteiger partial charge in [0, 0.05) is 44.1 Å². The third-order valence-electron chi connectivity index (χ3n) is 6.03. The lowest BCUT2D eigenvalue weighted by molar-refractivity contribution is -0.0223. The zero-order valence-corrected chi connectivity index (χ0v) is 19.7. The van der Waals surface area contributed by atoms with Crippen LogP contribution in [0.1, 0.15) is 47.4 Å². The number of carbonyl (C=O) groups is 1. The molecule has 8 nitrogen and oxygen atoms in total. The normalized spacial score (nSPS) is 16.1. The fourth-order valence-electron chi connectivity index (χ4n) is 4.15. The van der Waals surface area contributed by atoms with Crippen molar-refractivity contribution in [2.45, 2.75) is 31.7 Å². The number of nitrogens with one attached hydrogen (secondary N) is 1. The van der Waals surface area contributed by atoms with Crippen molar-refractivity contribution in [3.63, 3.8) is 0 Å². The molecule has 0 bridgehead atoms. The summed E-state index contributed by atoms with van der Waals surface area (Å²) in [6.45, 7) is 1.88. The summed E-state index contributed by atoms with van der Waals surface area (Å²) < 4.78 is 28.7. The van der Waals surface area contributed by atoms with Crippen LogP contribution in [0.2, 0.25) is 5.15 Å². The van der Waals surface area contributed by atoms with Crippen molar-refractivity contribution < 1.29 is 18.7 Å². The maximum absolute atomic E-state index is 13.7. The predicted octanol–water partition coefficient (Wildman–Crippen LogP) is 4.07. The molecule has 2 N–H and O–H groups in total. The minimum atomic E-state index is -2.74. The van der Waals surface area contributed by atoms with Crippen molar-refractivity contribution in [1.82, 2.24) is 14.5 Å². The maximum atomic E-state index is 13.7. The lowest BCUT2D eigenvalue weighted by Crippen LogP contribution is -2.42. The number of hydrogen-bond acceptors (Lipinski definition) is 6. The number of anilines is 2. The van der Waals surface area contributed by atoms with Gasteiger partial charge < -0.3 is 15.3 Å². The Kier molecular flexibility index (Phi) is 6.38. The fraction of sp³-hybridized carbons (Fsp3) is 0.333. The number of rotatable bonds is 5. The average molecular weight is 502 g/mol. The number of alkyl halides is 2. The Morgan fingerprint density at radius 3 is 2.60 bits per heavy atom. The van der Waals surface area contributed by atoms with E-state index in [1.54, 1.807) is 31.0 Å². The monoisotopic (exact) mass is 501 g/mol. The topological polar surface area (TPSA) is 100 Å². The molecular weight excluding hydrogens is 480 g/mol. The summed E-state index contributed by atoms with van der Waals surface area (Å²) in [7, 11) is 1.54. The third kappa shape index (κ3) is 4.77. The first-order chi connectivity index (χ1) is 16.5. The molecule has 0 unspecified atom stereocenters. The van der Waals surface area contributed by atoms with E-state index < -0.39 is 17.9 Å². The number of terminal acetylenes is 1. The number of piperidine rings is 1. The number of carboxylic acids is 1. The van der Waals surface area contributed by atoms with E-state index >= 15 is 0 Å². The summed E-state index contributed by atoms with van der Waals surface area (Å²) in [6.07, 6.45) is 4.96. The SMILES string of the molecule is C#Cc1cc([C@@H](C)Nc2ccc(Cl)nc2C(=O)O)c2nc(N3CCC(F)(F)CC3)n(C)c(=O)c2c1. The first-order valence-electron chi connectivity index (χ1n) is 10.8. The van der Waals surface area contributed by atoms with Crippen LogP contribution in [0.5, 0.6) is 0 Å². The minimum Gasteiger partial charge on any atom is -0.476 e. The standard InChI is InChI=1S/C24H22ClF2N5O3/c1-4-14-11-15(13(2)28-17-5-6-18(25)29-20(17)22(34)35)19-16(12-14)21(33)31(3)23(30-19)32-9-7-24(26,27)8-10-32/h1,5-6,11-13,28H,7-10H2,2-3H3,(H,34,35)/t13-/m1/s1. The molecule has 1 aliphatic heterocycles. The highest BCUT2D eigenvalue weighted by Crippen LogP contribution is 2.32. The van der Waals surface area contributed by atoms with Crippen molar-refractivity contribution in [1.29, 1.82) is 0 Å². The number of nitrogens with zero attached hydrogens (tertiary/aromatic N) is 4. The summed E-state index contributed by atoms with van der Waals surface area (Å²) in [4.78, 5) is 35.1. The third-order valence-corrected chi connectivity index (χ3v) is 6.24. The molecule has 1 atom stereocenters. The quantitative estimate of drug-likeness (QED) is 0.401. The number of fused-ring (bicyclic) bond motifs is 1. The van der Waals surface area contributed by atoms with Gasteiger partial charge in [0.1, 0.15) is 5.15 Å². The number of benzene rings is 1. The van der Waals surface area contributed by atoms with Gasteiger partial charge in [0.15, 0.2) is 5.69 Å². The van der Waals surface area contributed by atoms with E-state index in [1.807, 2.05) is 0 Å². The predicted molar refractivity (Wildman–Crippen MR) is 130 cm³/mol. The Hall–Kier alpha value is -3.71. The van der Waals surface area contributed by atoms with Gasteiger partial charge in [-0.05, 0) is 31.2 Å². The molecule has 1 saturated heterocycles. The molecule has 182 valence electrons. The van der Waals surface area contributed by atoms with Gasteiger partial charge in [-0.3, -0.25) is 9.36 Å². The maximum Gasteiger partial charge on any atom is 0.356 e. The van der Waals surface area contributed by atoms with Crippen LogP contribution in [-0.2, 0) is 7.05 Å². The van der Waals surface area contributed by atoms with E-state index in [-0.39, 0.29) is 59.4 Å². The van der Waals surface area contributed by atoms with E-state index in [0.29, 0.717) is 16.6 Å². The average Bonchev–Trinajstić information content (AvgIpc) is 2.82. The zero-order chi connectivity index (χ0) is 25.5. The van der Waals surface area contributed by atoms with Crippen LogP contribution in [0.3, 0.4) is 0 Å². The highest BCUT2D eigenvalue weighted by Gasteiger charge is 2.35. The van der Waals surface area contributed by atoms with Gasteiger partial charge in [0.2, 0.25) is 5.95 Å². The van der Waals surface area contributed by atoms with Crippen molar-refractivity contribution in [2.24, 2.45) is 7.05 Å². The molecule has 3 aromatic rings. The smallest absolute Gasteiger partial charge is 0.356 e. The van der Waals surface area contributed by atoms with E-state index in [2.05, 4.69) is 16.2 Å². The Morgan fingerprint density at radius 1 is 1.29 bits per heavy atom. The summed E-state index contributed by atoms with van der Waals surface area (Å²) in [5, 5.41) is 12.9. The number of hydrogen-bond donors (Lipinski definition) is 2. The fourth-order valence-corrected chi connectivity index (χ4v) is 4.29. The highest BCUT2D eigenvalue weighted by atomic mass is 35.5. The van der Waals surface area contributed by atoms with Crippen LogP contribution >= 0.6 is 11.6 Å². The summed E-state index contributed by atoms with van der Waals surface area (Å²) in [6, 6.07) is 5.64. The minimum absolute atomic E-state index is 0.0299. The number of carboxylic acid groups (broad SMARTS) is 1. The van der Waals surface area contributed by atoms with Crippen LogP contribution in [0, 0.1) is 12.3 Å². The molecule has 0 saturated carbocycles. The molecule has 2 aromatic heterocycles. The zero-order valence-electron chi connectivity index (χ0n) is 19.0. The molecule has 4 rings (SSSR count). The molecule has 11 heteroatoms. The molecule has 35 heavy (non-hydrogen) atoms. The summed E-state index contributed by atoms with van der Waals surface area (Å²) >= 11 is 5.85. The Labute approximate surface area is 204 Å². The molecule has 1 fully saturated rings. The largest absolute Gasteiger partial charge is 0.476 e. The van der Waals surface area contributed by atoms with Gasteiger partial charge in [-0.2, -0.15) is 0 Å². The summed E-state index contributed by atoms with van der Waals surface area (Å²) in [5.41, 5.74) is 0.920. The van der Waals surface area contributed by atoms with Crippen molar-refractivity contribution in [3.8, 4) is 12.3 Å². The van der Waals surface area contributed by atoms with Crippen LogP contribution in [0.15, 0.2) is 29.1 Å². The molecule has 0 aliphatic carbocycles. The Morgan fingerprint density at radius 2 is 1.97 bits per heavy atom. The highest BCUT2D eigenvalue weighted by molar-refractivity contribution is 6.29. The van der Waals surface area contributed by atoms with Gasteiger partial charge in [0.05, 0.1) is 22.6 Å². The van der Waals surface area contributed by atoms with Crippen molar-refractivity contribution in [2.75, 3.05) is 23.3 Å². The van der Waals surface area contributed by atoms with Crippen LogP contribution in [0.4, 0.5) is 20.4 Å². The first kappa shape index (κ1) is 24.4. The molecule has 1 aliphatic rings. The van der Waals surface area contributed by atoms with Gasteiger partial charge >= 0.3 is 5.97 Å². The molecule has 0 spiro atoms. The number of aromatic carboxylic acids is 1. The van der Waals surface area contributed by atoms with Gasteiger partial charge in [-0.25, -0.2) is 23.5 Å². The Balaban J connectivity index is 1.83. The van der Waals surface area contributed by atoms with Gasteiger partial charge in [0.25, 0.3) is 11.5 Å². The second-order valence-electron chi connectivity index (χ2n) is 8.43. The molecule has 1 aromatic carbocycles. The van der Waals surface area contributed by atoms with Gasteiger partial charge in [-0.15, -0.1) is 6.42 Å². The van der Waals surface area contributed by atoms with Crippen molar-refractivity contribution >= 4 is 40.1 Å². The summed E-state index contributed by atoms with van der Waals surface area (Å²) in [5.74, 6) is -1.20. The van der Waals surface area contributed by atoms with Gasteiger partial charge in [-0.1, -0.05) is 17.5 Å². The van der Waals surface area contributed by atoms with Crippen LogP contribution in [-0.4, -0.2) is 44.6 Å². The van der Waals surface area contributed by atoms with E-state index in [4.69, 9.17) is 23.0 Å². The molecule has 0 amide bonds. The van der Waals surface area contributed by atoms with E-state index in [1.165, 1.54) is 16.7 Å². The van der Waals surface area contributed by atoms with E-state index in [0.717, 1.165) is 0 Å². The lowest BCUT2D eigenvalue weighted by Gasteiger charge is -2.33. The number of pyridine rings is 1. The van der Waals surface area contributed by atoms with E-state index in [9.17, 15) is 23.5 Å². The Bertz CT molecular complexity index is 1420. The molecule has 3 heterocycles.